The van der Waals surface area contributed by atoms with Crippen LogP contribution in [0.4, 0.5) is 0 Å². The van der Waals surface area contributed by atoms with Gasteiger partial charge in [-0.25, -0.2) is 4.68 Å². The van der Waals surface area contributed by atoms with Crippen LogP contribution >= 0.6 is 11.6 Å². The SMILES string of the molecule is CCC(Cl)c1cn(Cc2nc(-c3ccccc3)no2)nn1. The van der Waals surface area contributed by atoms with E-state index < -0.39 is 0 Å². The molecule has 0 N–H and O–H groups in total. The first-order chi connectivity index (χ1) is 10.3. The lowest BCUT2D eigenvalue weighted by Crippen LogP contribution is -2.00. The monoisotopic (exact) mass is 303 g/mol. The molecule has 0 aliphatic carbocycles. The van der Waals surface area contributed by atoms with Gasteiger partial charge in [-0.05, 0) is 6.42 Å². The second-order valence-electron chi connectivity index (χ2n) is 4.59. The van der Waals surface area contributed by atoms with Gasteiger partial charge in [0.1, 0.15) is 12.2 Å². The van der Waals surface area contributed by atoms with Crippen LogP contribution in [-0.4, -0.2) is 25.1 Å². The van der Waals surface area contributed by atoms with Gasteiger partial charge in [-0.1, -0.05) is 47.6 Å². The lowest BCUT2D eigenvalue weighted by Gasteiger charge is -1.98. The highest BCUT2D eigenvalue weighted by molar-refractivity contribution is 6.20. The van der Waals surface area contributed by atoms with Crippen molar-refractivity contribution in [1.82, 2.24) is 25.1 Å². The molecule has 21 heavy (non-hydrogen) atoms. The van der Waals surface area contributed by atoms with Crippen molar-refractivity contribution in [3.63, 3.8) is 0 Å². The van der Waals surface area contributed by atoms with Crippen molar-refractivity contribution in [3.8, 4) is 11.4 Å². The molecule has 0 aliphatic rings. The van der Waals surface area contributed by atoms with Gasteiger partial charge >= 0.3 is 0 Å². The van der Waals surface area contributed by atoms with E-state index in [0.29, 0.717) is 18.3 Å². The van der Waals surface area contributed by atoms with Gasteiger partial charge in [-0.3, -0.25) is 0 Å². The molecule has 1 unspecified atom stereocenters. The highest BCUT2D eigenvalue weighted by atomic mass is 35.5. The van der Waals surface area contributed by atoms with Crippen molar-refractivity contribution in [1.29, 1.82) is 0 Å². The minimum Gasteiger partial charge on any atom is -0.337 e. The number of hydrogen-bond acceptors (Lipinski definition) is 5. The molecule has 3 aromatic rings. The summed E-state index contributed by atoms with van der Waals surface area (Å²) in [6, 6.07) is 9.67. The highest BCUT2D eigenvalue weighted by Gasteiger charge is 2.13. The van der Waals surface area contributed by atoms with Gasteiger partial charge in [-0.2, -0.15) is 4.98 Å². The molecule has 1 atom stereocenters. The molecule has 7 heteroatoms. The largest absolute Gasteiger partial charge is 0.337 e. The second kappa shape index (κ2) is 6.05. The maximum atomic E-state index is 6.12. The van der Waals surface area contributed by atoms with Crippen molar-refractivity contribution in [2.24, 2.45) is 0 Å². The molecule has 0 aliphatic heterocycles. The van der Waals surface area contributed by atoms with Crippen LogP contribution in [0.5, 0.6) is 0 Å². The van der Waals surface area contributed by atoms with E-state index in [1.165, 1.54) is 0 Å². The Bertz CT molecular complexity index is 709. The quantitative estimate of drug-likeness (QED) is 0.677. The number of benzene rings is 1. The first-order valence-corrected chi connectivity index (χ1v) is 7.12. The fraction of sp³-hybridized carbons (Fsp3) is 0.286. The lowest BCUT2D eigenvalue weighted by atomic mass is 10.2. The molecular weight excluding hydrogens is 290 g/mol. The normalized spacial score (nSPS) is 12.5. The first-order valence-electron chi connectivity index (χ1n) is 6.68. The van der Waals surface area contributed by atoms with E-state index in [4.69, 9.17) is 16.1 Å². The Hall–Kier alpha value is -2.21. The van der Waals surface area contributed by atoms with E-state index >= 15 is 0 Å². The molecule has 0 spiro atoms. The molecule has 0 fully saturated rings. The van der Waals surface area contributed by atoms with Gasteiger partial charge in [0.2, 0.25) is 11.7 Å². The molecule has 108 valence electrons. The third-order valence-corrected chi connectivity index (χ3v) is 3.57. The zero-order valence-corrected chi connectivity index (χ0v) is 12.2. The number of rotatable bonds is 5. The zero-order chi connectivity index (χ0) is 14.7. The summed E-state index contributed by atoms with van der Waals surface area (Å²) >= 11 is 6.12. The Morgan fingerprint density at radius 1 is 1.29 bits per heavy atom. The predicted molar refractivity (Wildman–Crippen MR) is 77.7 cm³/mol. The van der Waals surface area contributed by atoms with Crippen molar-refractivity contribution in [2.75, 3.05) is 0 Å². The molecule has 3 rings (SSSR count). The number of alkyl halides is 1. The topological polar surface area (TPSA) is 69.6 Å². The van der Waals surface area contributed by atoms with Crippen LogP contribution in [0.15, 0.2) is 41.1 Å². The van der Waals surface area contributed by atoms with E-state index in [0.717, 1.165) is 17.7 Å². The maximum Gasteiger partial charge on any atom is 0.248 e. The van der Waals surface area contributed by atoms with Crippen LogP contribution in [0.3, 0.4) is 0 Å². The molecule has 0 radical (unpaired) electrons. The first kappa shape index (κ1) is 13.8. The van der Waals surface area contributed by atoms with E-state index in [1.54, 1.807) is 10.9 Å². The van der Waals surface area contributed by atoms with Crippen molar-refractivity contribution < 1.29 is 4.52 Å². The standard InChI is InChI=1S/C14H14ClN5O/c1-2-11(15)12-8-20(19-17-12)9-13-16-14(18-21-13)10-6-4-3-5-7-10/h3-8,11H,2,9H2,1H3. The van der Waals surface area contributed by atoms with E-state index in [9.17, 15) is 0 Å². The summed E-state index contributed by atoms with van der Waals surface area (Å²) in [5.74, 6) is 1.04. The highest BCUT2D eigenvalue weighted by Crippen LogP contribution is 2.21. The molecule has 0 saturated heterocycles. The molecule has 0 amide bonds. The van der Waals surface area contributed by atoms with Gasteiger partial charge in [0.15, 0.2) is 0 Å². The van der Waals surface area contributed by atoms with Crippen LogP contribution in [0.1, 0.15) is 30.3 Å². The Balaban J connectivity index is 1.74. The summed E-state index contributed by atoms with van der Waals surface area (Å²) in [7, 11) is 0. The molecule has 2 heterocycles. The minimum atomic E-state index is -0.124. The summed E-state index contributed by atoms with van der Waals surface area (Å²) in [6.45, 7) is 2.38. The third kappa shape index (κ3) is 3.11. The summed E-state index contributed by atoms with van der Waals surface area (Å²) < 4.78 is 6.88. The summed E-state index contributed by atoms with van der Waals surface area (Å²) in [5, 5.41) is 11.9. The fourth-order valence-corrected chi connectivity index (χ4v) is 2.01. The Morgan fingerprint density at radius 3 is 2.86 bits per heavy atom. The second-order valence-corrected chi connectivity index (χ2v) is 5.12. The zero-order valence-electron chi connectivity index (χ0n) is 11.5. The van der Waals surface area contributed by atoms with Crippen LogP contribution < -0.4 is 0 Å². The average molecular weight is 304 g/mol. The molecule has 1 aromatic carbocycles. The summed E-state index contributed by atoms with van der Waals surface area (Å²) in [4.78, 5) is 4.35. The van der Waals surface area contributed by atoms with E-state index in [2.05, 4.69) is 20.5 Å². The average Bonchev–Trinajstić information content (AvgIpc) is 3.17. The van der Waals surface area contributed by atoms with Crippen molar-refractivity contribution >= 4 is 11.6 Å². The Morgan fingerprint density at radius 2 is 2.10 bits per heavy atom. The van der Waals surface area contributed by atoms with E-state index in [1.807, 2.05) is 37.3 Å². The number of hydrogen-bond donors (Lipinski definition) is 0. The van der Waals surface area contributed by atoms with E-state index in [-0.39, 0.29) is 5.38 Å². The summed E-state index contributed by atoms with van der Waals surface area (Å²) in [5.41, 5.74) is 1.67. The maximum absolute atomic E-state index is 6.12. The van der Waals surface area contributed by atoms with Crippen molar-refractivity contribution in [3.05, 3.63) is 48.1 Å². The smallest absolute Gasteiger partial charge is 0.248 e. The Kier molecular flexibility index (Phi) is 3.96. The van der Waals surface area contributed by atoms with Crippen LogP contribution in [0.2, 0.25) is 0 Å². The predicted octanol–water partition coefficient (Wildman–Crippen LogP) is 3.07. The van der Waals surface area contributed by atoms with Crippen molar-refractivity contribution in [2.45, 2.75) is 25.3 Å². The lowest BCUT2D eigenvalue weighted by molar-refractivity contribution is 0.364. The third-order valence-electron chi connectivity index (χ3n) is 3.03. The van der Waals surface area contributed by atoms with Crippen LogP contribution in [0.25, 0.3) is 11.4 Å². The molecule has 2 aromatic heterocycles. The molecular formula is C14H14ClN5O. The fourth-order valence-electron chi connectivity index (χ4n) is 1.91. The molecule has 0 saturated carbocycles. The molecule has 0 bridgehead atoms. The Labute approximate surface area is 126 Å². The van der Waals surface area contributed by atoms with Crippen LogP contribution in [0, 0.1) is 0 Å². The van der Waals surface area contributed by atoms with Gasteiger partial charge in [0.25, 0.3) is 0 Å². The van der Waals surface area contributed by atoms with Gasteiger partial charge < -0.3 is 4.52 Å². The number of aromatic nitrogens is 5. The van der Waals surface area contributed by atoms with Gasteiger partial charge in [-0.15, -0.1) is 16.7 Å². The van der Waals surface area contributed by atoms with Gasteiger partial charge in [0.05, 0.1) is 11.6 Å². The summed E-state index contributed by atoms with van der Waals surface area (Å²) in [6.07, 6.45) is 2.60. The minimum absolute atomic E-state index is 0.124. The van der Waals surface area contributed by atoms with Gasteiger partial charge in [0, 0.05) is 5.56 Å². The number of halogens is 1. The molecule has 6 nitrogen and oxygen atoms in total. The van der Waals surface area contributed by atoms with Crippen LogP contribution in [-0.2, 0) is 6.54 Å². The number of nitrogens with zero attached hydrogens (tertiary/aromatic N) is 5.